The van der Waals surface area contributed by atoms with Crippen molar-refractivity contribution in [2.75, 3.05) is 0 Å². The van der Waals surface area contributed by atoms with Crippen LogP contribution in [0, 0.1) is 12.8 Å². The molecule has 2 N–H and O–H groups in total. The highest BCUT2D eigenvalue weighted by atomic mass is 19.4. The lowest BCUT2D eigenvalue weighted by molar-refractivity contribution is -0.141. The number of aryl methyl sites for hydroxylation is 1. The highest BCUT2D eigenvalue weighted by Gasteiger charge is 2.33. The predicted octanol–water partition coefficient (Wildman–Crippen LogP) is 2.64. The Kier molecular flexibility index (Phi) is 5.51. The van der Waals surface area contributed by atoms with Gasteiger partial charge in [-0.1, -0.05) is 13.8 Å². The average molecular weight is 318 g/mol. The minimum atomic E-state index is -4.60. The number of rotatable bonds is 5. The van der Waals surface area contributed by atoms with E-state index in [0.717, 1.165) is 6.07 Å². The Morgan fingerprint density at radius 1 is 1.32 bits per heavy atom. The second-order valence-corrected chi connectivity index (χ2v) is 5.32. The lowest BCUT2D eigenvalue weighted by Crippen LogP contribution is -2.42. The Morgan fingerprint density at radius 2 is 1.91 bits per heavy atom. The maximum atomic E-state index is 12.5. The van der Waals surface area contributed by atoms with Crippen LogP contribution in [0.3, 0.4) is 0 Å². The first-order valence-electron chi connectivity index (χ1n) is 6.61. The smallest absolute Gasteiger partial charge is 0.433 e. The van der Waals surface area contributed by atoms with Crippen molar-refractivity contribution in [3.8, 4) is 0 Å². The van der Waals surface area contributed by atoms with E-state index >= 15 is 0 Å². The third kappa shape index (κ3) is 4.71. The average Bonchev–Trinajstić information content (AvgIpc) is 2.35. The molecular weight excluding hydrogens is 301 g/mol. The van der Waals surface area contributed by atoms with Crippen molar-refractivity contribution in [2.24, 2.45) is 5.92 Å². The third-order valence-electron chi connectivity index (χ3n) is 2.93. The van der Waals surface area contributed by atoms with Crippen LogP contribution < -0.4 is 5.32 Å². The van der Waals surface area contributed by atoms with Crippen LogP contribution in [0.2, 0.25) is 0 Å². The number of nitrogens with one attached hydrogen (secondary N) is 1. The Labute approximate surface area is 125 Å². The number of carbonyl (C=O) groups is 2. The largest absolute Gasteiger partial charge is 0.480 e. The fourth-order valence-electron chi connectivity index (χ4n) is 1.89. The Hall–Kier alpha value is -2.12. The molecule has 0 saturated carbocycles. The standard InChI is InChI=1S/C14H17F3N2O3/c1-7(2)6-10(13(21)22)19-12(20)9-4-5-11(14(15,16)17)18-8(9)3/h4-5,7,10H,6H2,1-3H3,(H,19,20)(H,21,22)/t10-/m1/s1. The molecule has 0 spiro atoms. The van der Waals surface area contributed by atoms with E-state index in [9.17, 15) is 22.8 Å². The summed E-state index contributed by atoms with van der Waals surface area (Å²) < 4.78 is 37.6. The molecule has 0 aliphatic heterocycles. The van der Waals surface area contributed by atoms with Gasteiger partial charge in [-0.15, -0.1) is 0 Å². The number of aromatic nitrogens is 1. The molecule has 1 rings (SSSR count). The van der Waals surface area contributed by atoms with Gasteiger partial charge in [-0.25, -0.2) is 9.78 Å². The Morgan fingerprint density at radius 3 is 2.32 bits per heavy atom. The zero-order valence-electron chi connectivity index (χ0n) is 12.4. The number of hydrogen-bond acceptors (Lipinski definition) is 3. The van der Waals surface area contributed by atoms with Crippen LogP contribution in [0.1, 0.15) is 42.0 Å². The van der Waals surface area contributed by atoms with E-state index in [1.54, 1.807) is 13.8 Å². The fourth-order valence-corrected chi connectivity index (χ4v) is 1.89. The van der Waals surface area contributed by atoms with Crippen molar-refractivity contribution in [3.05, 3.63) is 29.1 Å². The van der Waals surface area contributed by atoms with Crippen LogP contribution in [0.25, 0.3) is 0 Å². The van der Waals surface area contributed by atoms with E-state index in [0.29, 0.717) is 6.07 Å². The molecule has 0 unspecified atom stereocenters. The molecule has 122 valence electrons. The monoisotopic (exact) mass is 318 g/mol. The van der Waals surface area contributed by atoms with Crippen molar-refractivity contribution in [3.63, 3.8) is 0 Å². The molecule has 0 bridgehead atoms. The van der Waals surface area contributed by atoms with Crippen molar-refractivity contribution in [1.29, 1.82) is 0 Å². The van der Waals surface area contributed by atoms with Crippen molar-refractivity contribution in [2.45, 2.75) is 39.4 Å². The summed E-state index contributed by atoms with van der Waals surface area (Å²) in [7, 11) is 0. The fraction of sp³-hybridized carbons (Fsp3) is 0.500. The van der Waals surface area contributed by atoms with Gasteiger partial charge in [-0.2, -0.15) is 13.2 Å². The molecule has 1 atom stereocenters. The van der Waals surface area contributed by atoms with Gasteiger partial charge in [-0.05, 0) is 31.4 Å². The first-order chi connectivity index (χ1) is 10.0. The van der Waals surface area contributed by atoms with Crippen LogP contribution in [0.15, 0.2) is 12.1 Å². The molecule has 22 heavy (non-hydrogen) atoms. The second-order valence-electron chi connectivity index (χ2n) is 5.32. The molecule has 0 aliphatic carbocycles. The van der Waals surface area contributed by atoms with Crippen LogP contribution >= 0.6 is 0 Å². The van der Waals surface area contributed by atoms with Gasteiger partial charge < -0.3 is 10.4 Å². The van der Waals surface area contributed by atoms with Crippen molar-refractivity contribution < 1.29 is 27.9 Å². The number of hydrogen-bond donors (Lipinski definition) is 2. The molecule has 1 amide bonds. The van der Waals surface area contributed by atoms with Gasteiger partial charge in [0.05, 0.1) is 11.3 Å². The van der Waals surface area contributed by atoms with Gasteiger partial charge in [0.2, 0.25) is 0 Å². The number of carboxylic acids is 1. The maximum absolute atomic E-state index is 12.5. The van der Waals surface area contributed by atoms with E-state index in [1.807, 2.05) is 0 Å². The third-order valence-corrected chi connectivity index (χ3v) is 2.93. The van der Waals surface area contributed by atoms with Crippen molar-refractivity contribution in [1.82, 2.24) is 10.3 Å². The molecular formula is C14H17F3N2O3. The zero-order valence-corrected chi connectivity index (χ0v) is 12.4. The molecule has 1 heterocycles. The van der Waals surface area contributed by atoms with Gasteiger partial charge in [0, 0.05) is 0 Å². The highest BCUT2D eigenvalue weighted by molar-refractivity contribution is 5.97. The van der Waals surface area contributed by atoms with E-state index < -0.39 is 29.8 Å². The Balaban J connectivity index is 2.96. The number of alkyl halides is 3. The molecule has 1 aromatic rings. The molecule has 0 aliphatic rings. The molecule has 5 nitrogen and oxygen atoms in total. The second kappa shape index (κ2) is 6.76. The summed E-state index contributed by atoms with van der Waals surface area (Å²) >= 11 is 0. The first kappa shape index (κ1) is 17.9. The minimum absolute atomic E-state index is 0.0354. The van der Waals surface area contributed by atoms with Crippen LogP contribution in [-0.4, -0.2) is 28.0 Å². The van der Waals surface area contributed by atoms with Crippen LogP contribution in [0.4, 0.5) is 13.2 Å². The number of nitrogens with zero attached hydrogens (tertiary/aromatic N) is 1. The lowest BCUT2D eigenvalue weighted by atomic mass is 10.0. The minimum Gasteiger partial charge on any atom is -0.480 e. The van der Waals surface area contributed by atoms with Gasteiger partial charge >= 0.3 is 12.1 Å². The number of pyridine rings is 1. The summed E-state index contributed by atoms with van der Waals surface area (Å²) in [5.41, 5.74) is -1.29. The summed E-state index contributed by atoms with van der Waals surface area (Å²) in [4.78, 5) is 26.5. The summed E-state index contributed by atoms with van der Waals surface area (Å²) in [6.45, 7) is 4.86. The van der Waals surface area contributed by atoms with E-state index in [-0.39, 0.29) is 23.6 Å². The molecule has 0 radical (unpaired) electrons. The summed E-state index contributed by atoms with van der Waals surface area (Å²) in [6.07, 6.45) is -4.38. The van der Waals surface area contributed by atoms with Crippen LogP contribution in [0.5, 0.6) is 0 Å². The van der Waals surface area contributed by atoms with Gasteiger partial charge in [-0.3, -0.25) is 4.79 Å². The van der Waals surface area contributed by atoms with E-state index in [4.69, 9.17) is 5.11 Å². The van der Waals surface area contributed by atoms with Crippen LogP contribution in [-0.2, 0) is 11.0 Å². The lowest BCUT2D eigenvalue weighted by Gasteiger charge is -2.17. The Bertz CT molecular complexity index is 571. The number of amides is 1. The molecule has 0 aromatic carbocycles. The number of aliphatic carboxylic acids is 1. The summed E-state index contributed by atoms with van der Waals surface area (Å²) in [5.74, 6) is -1.92. The van der Waals surface area contributed by atoms with E-state index in [1.165, 1.54) is 6.92 Å². The molecule has 8 heteroatoms. The number of halogens is 3. The quantitative estimate of drug-likeness (QED) is 0.875. The number of carbonyl (C=O) groups excluding carboxylic acids is 1. The molecule has 0 fully saturated rings. The molecule has 1 aromatic heterocycles. The van der Waals surface area contributed by atoms with Gasteiger partial charge in [0.25, 0.3) is 5.91 Å². The van der Waals surface area contributed by atoms with Gasteiger partial charge in [0.15, 0.2) is 0 Å². The normalized spacial score (nSPS) is 13.0. The van der Waals surface area contributed by atoms with E-state index in [2.05, 4.69) is 10.3 Å². The summed E-state index contributed by atoms with van der Waals surface area (Å²) in [5, 5.41) is 11.4. The first-order valence-corrected chi connectivity index (χ1v) is 6.61. The van der Waals surface area contributed by atoms with Crippen molar-refractivity contribution >= 4 is 11.9 Å². The maximum Gasteiger partial charge on any atom is 0.433 e. The number of carboxylic acid groups (broad SMARTS) is 1. The predicted molar refractivity (Wildman–Crippen MR) is 72.3 cm³/mol. The zero-order chi connectivity index (χ0) is 17.1. The van der Waals surface area contributed by atoms with Gasteiger partial charge in [0.1, 0.15) is 11.7 Å². The highest BCUT2D eigenvalue weighted by Crippen LogP contribution is 2.28. The topological polar surface area (TPSA) is 79.3 Å². The summed E-state index contributed by atoms with van der Waals surface area (Å²) in [6, 6.07) is 0.587. The molecule has 0 saturated heterocycles. The SMILES string of the molecule is Cc1nc(C(F)(F)F)ccc1C(=O)N[C@H](CC(C)C)C(=O)O.